The zero-order valence-corrected chi connectivity index (χ0v) is 16.6. The normalized spacial score (nSPS) is 12.2. The number of aromatic nitrogens is 3. The van der Waals surface area contributed by atoms with Gasteiger partial charge in [-0.2, -0.15) is 0 Å². The molecule has 0 radical (unpaired) electrons. The van der Waals surface area contributed by atoms with Crippen LogP contribution in [-0.4, -0.2) is 51.8 Å². The number of carbonyl (C=O) groups excluding carboxylic acids is 2. The number of nitrogens with zero attached hydrogens (tertiary/aromatic N) is 3. The third kappa shape index (κ3) is 4.78. The van der Waals surface area contributed by atoms with Gasteiger partial charge in [-0.1, -0.05) is 24.3 Å². The Kier molecular flexibility index (Phi) is 5.92. The van der Waals surface area contributed by atoms with Gasteiger partial charge in [0.15, 0.2) is 5.82 Å². The molecular formula is C21H24N6O2. The first-order valence-corrected chi connectivity index (χ1v) is 9.24. The Morgan fingerprint density at radius 1 is 1.31 bits per heavy atom. The van der Waals surface area contributed by atoms with Crippen molar-refractivity contribution in [3.05, 3.63) is 59.6 Å². The number of H-pyrrole nitrogens is 1. The Morgan fingerprint density at radius 3 is 2.79 bits per heavy atom. The van der Waals surface area contributed by atoms with E-state index in [1.807, 2.05) is 43.3 Å². The van der Waals surface area contributed by atoms with Gasteiger partial charge in [-0.05, 0) is 37.1 Å². The lowest BCUT2D eigenvalue weighted by Crippen LogP contribution is -2.32. The van der Waals surface area contributed by atoms with Crippen LogP contribution >= 0.6 is 0 Å². The zero-order valence-electron chi connectivity index (χ0n) is 16.6. The van der Waals surface area contributed by atoms with Gasteiger partial charge in [0, 0.05) is 26.3 Å². The minimum atomic E-state index is -0.255. The minimum Gasteiger partial charge on any atom is -0.383 e. The Bertz CT molecular complexity index is 1040. The van der Waals surface area contributed by atoms with Crippen molar-refractivity contribution in [1.82, 2.24) is 25.2 Å². The average Bonchev–Trinajstić information content (AvgIpc) is 3.13. The lowest BCUT2D eigenvalue weighted by Gasteiger charge is -2.12. The highest BCUT2D eigenvalue weighted by atomic mass is 16.2. The van der Waals surface area contributed by atoms with E-state index in [0.29, 0.717) is 12.0 Å². The van der Waals surface area contributed by atoms with Gasteiger partial charge in [-0.3, -0.25) is 9.59 Å². The number of amides is 2. The summed E-state index contributed by atoms with van der Waals surface area (Å²) in [6.45, 7) is 1.91. The second-order valence-electron chi connectivity index (χ2n) is 7.02. The van der Waals surface area contributed by atoms with Gasteiger partial charge in [0.05, 0.1) is 16.6 Å². The van der Waals surface area contributed by atoms with E-state index in [1.165, 1.54) is 4.90 Å². The van der Waals surface area contributed by atoms with Gasteiger partial charge in [-0.25, -0.2) is 9.97 Å². The summed E-state index contributed by atoms with van der Waals surface area (Å²) >= 11 is 0. The van der Waals surface area contributed by atoms with Crippen molar-refractivity contribution in [3.63, 3.8) is 0 Å². The number of hydrogen-bond acceptors (Lipinski definition) is 5. The van der Waals surface area contributed by atoms with E-state index in [2.05, 4.69) is 20.3 Å². The highest BCUT2D eigenvalue weighted by Gasteiger charge is 2.14. The first-order valence-electron chi connectivity index (χ1n) is 9.24. The SMILES string of the molecule is C[C@@H](C/C=C/c1cnc(N)c(C(=O)N(C)C)c1)NC(=O)c1nc2ccccc2[nH]1. The van der Waals surface area contributed by atoms with Gasteiger partial charge in [0.1, 0.15) is 5.82 Å². The van der Waals surface area contributed by atoms with Crippen LogP contribution in [0, 0.1) is 0 Å². The molecule has 3 rings (SSSR count). The second kappa shape index (κ2) is 8.55. The molecular weight excluding hydrogens is 368 g/mol. The number of aromatic amines is 1. The standard InChI is InChI=1S/C21H24N6O2/c1-13(24-20(28)19-25-16-9-4-5-10-17(16)26-19)7-6-8-14-11-15(18(22)23-12-14)21(29)27(2)3/h4-6,8-13H,7H2,1-3H3,(H2,22,23)(H,24,28)(H,25,26)/b8-6+/t13-/m0/s1. The first kappa shape index (κ1) is 20.1. The van der Waals surface area contributed by atoms with E-state index in [0.717, 1.165) is 16.6 Å². The molecule has 0 saturated heterocycles. The van der Waals surface area contributed by atoms with Crippen LogP contribution in [0.3, 0.4) is 0 Å². The predicted molar refractivity (Wildman–Crippen MR) is 113 cm³/mol. The zero-order chi connectivity index (χ0) is 21.0. The molecule has 29 heavy (non-hydrogen) atoms. The molecule has 1 aromatic carbocycles. The molecule has 3 aromatic rings. The number of imidazole rings is 1. The van der Waals surface area contributed by atoms with E-state index in [-0.39, 0.29) is 29.5 Å². The maximum Gasteiger partial charge on any atom is 0.287 e. The summed E-state index contributed by atoms with van der Waals surface area (Å²) < 4.78 is 0. The molecule has 2 heterocycles. The Hall–Kier alpha value is -3.68. The van der Waals surface area contributed by atoms with E-state index < -0.39 is 0 Å². The van der Waals surface area contributed by atoms with Gasteiger partial charge in [-0.15, -0.1) is 0 Å². The number of anilines is 1. The summed E-state index contributed by atoms with van der Waals surface area (Å²) in [4.78, 5) is 37.4. The van der Waals surface area contributed by atoms with Gasteiger partial charge >= 0.3 is 0 Å². The predicted octanol–water partition coefficient (Wildman–Crippen LogP) is 2.46. The third-order valence-corrected chi connectivity index (χ3v) is 4.36. The maximum atomic E-state index is 12.4. The number of hydrogen-bond donors (Lipinski definition) is 3. The van der Waals surface area contributed by atoms with E-state index >= 15 is 0 Å². The van der Waals surface area contributed by atoms with Crippen molar-refractivity contribution in [3.8, 4) is 0 Å². The van der Waals surface area contributed by atoms with Crippen molar-refractivity contribution >= 4 is 34.7 Å². The quantitative estimate of drug-likeness (QED) is 0.596. The molecule has 150 valence electrons. The summed E-state index contributed by atoms with van der Waals surface area (Å²) in [7, 11) is 3.33. The fourth-order valence-corrected chi connectivity index (χ4v) is 2.81. The number of fused-ring (bicyclic) bond motifs is 1. The van der Waals surface area contributed by atoms with E-state index in [1.54, 1.807) is 26.4 Å². The van der Waals surface area contributed by atoms with Crippen LogP contribution in [0.4, 0.5) is 5.82 Å². The highest BCUT2D eigenvalue weighted by molar-refractivity contribution is 5.98. The molecule has 4 N–H and O–H groups in total. The lowest BCUT2D eigenvalue weighted by atomic mass is 10.1. The monoisotopic (exact) mass is 392 g/mol. The van der Waals surface area contributed by atoms with Crippen molar-refractivity contribution in [2.24, 2.45) is 0 Å². The number of nitrogens with one attached hydrogen (secondary N) is 2. The molecule has 2 aromatic heterocycles. The lowest BCUT2D eigenvalue weighted by molar-refractivity contribution is 0.0827. The van der Waals surface area contributed by atoms with Crippen LogP contribution in [0.15, 0.2) is 42.6 Å². The largest absolute Gasteiger partial charge is 0.383 e. The smallest absolute Gasteiger partial charge is 0.287 e. The second-order valence-corrected chi connectivity index (χ2v) is 7.02. The first-order chi connectivity index (χ1) is 13.8. The fourth-order valence-electron chi connectivity index (χ4n) is 2.81. The molecule has 2 amide bonds. The average molecular weight is 392 g/mol. The number of carbonyl (C=O) groups is 2. The van der Waals surface area contributed by atoms with Crippen LogP contribution < -0.4 is 11.1 Å². The number of para-hydroxylation sites is 2. The third-order valence-electron chi connectivity index (χ3n) is 4.36. The minimum absolute atomic E-state index is 0.100. The van der Waals surface area contributed by atoms with Crippen LogP contribution in [0.2, 0.25) is 0 Å². The summed E-state index contributed by atoms with van der Waals surface area (Å²) in [5, 5.41) is 2.92. The number of benzene rings is 1. The number of nitrogen functional groups attached to an aromatic ring is 1. The Balaban J connectivity index is 1.60. The van der Waals surface area contributed by atoms with Crippen LogP contribution in [0.5, 0.6) is 0 Å². The molecule has 0 fully saturated rings. The molecule has 0 aliphatic heterocycles. The molecule has 0 saturated carbocycles. The van der Waals surface area contributed by atoms with Crippen LogP contribution in [0.25, 0.3) is 17.1 Å². The number of nitrogens with two attached hydrogens (primary N) is 1. The summed E-state index contributed by atoms with van der Waals surface area (Å²) in [6, 6.07) is 9.10. The maximum absolute atomic E-state index is 12.4. The van der Waals surface area contributed by atoms with Crippen molar-refractivity contribution in [1.29, 1.82) is 0 Å². The molecule has 1 atom stereocenters. The van der Waals surface area contributed by atoms with Crippen LogP contribution in [-0.2, 0) is 0 Å². The molecule has 8 nitrogen and oxygen atoms in total. The topological polar surface area (TPSA) is 117 Å². The van der Waals surface area contributed by atoms with Crippen molar-refractivity contribution < 1.29 is 9.59 Å². The van der Waals surface area contributed by atoms with Gasteiger partial charge in [0.25, 0.3) is 11.8 Å². The molecule has 0 aliphatic rings. The van der Waals surface area contributed by atoms with Crippen LogP contribution in [0.1, 0.15) is 39.9 Å². The number of pyridine rings is 1. The molecule has 0 bridgehead atoms. The van der Waals surface area contributed by atoms with E-state index in [4.69, 9.17) is 5.73 Å². The molecule has 0 aliphatic carbocycles. The summed E-state index contributed by atoms with van der Waals surface area (Å²) in [5.41, 5.74) is 8.51. The summed E-state index contributed by atoms with van der Waals surface area (Å²) in [5.74, 6) is 0.0377. The Labute approximate surface area is 168 Å². The van der Waals surface area contributed by atoms with E-state index in [9.17, 15) is 9.59 Å². The molecule has 0 spiro atoms. The Morgan fingerprint density at radius 2 is 2.07 bits per heavy atom. The number of rotatable bonds is 6. The van der Waals surface area contributed by atoms with Crippen molar-refractivity contribution in [2.45, 2.75) is 19.4 Å². The van der Waals surface area contributed by atoms with Gasteiger partial charge < -0.3 is 20.9 Å². The molecule has 0 unspecified atom stereocenters. The summed E-state index contributed by atoms with van der Waals surface area (Å²) in [6.07, 6.45) is 5.98. The molecule has 8 heteroatoms. The van der Waals surface area contributed by atoms with Crippen molar-refractivity contribution in [2.75, 3.05) is 19.8 Å². The van der Waals surface area contributed by atoms with Gasteiger partial charge in [0.2, 0.25) is 0 Å². The fraction of sp³-hybridized carbons (Fsp3) is 0.238. The highest BCUT2D eigenvalue weighted by Crippen LogP contribution is 2.14.